The van der Waals surface area contributed by atoms with Crippen LogP contribution in [0.15, 0.2) is 30.3 Å². The van der Waals surface area contributed by atoms with Crippen molar-refractivity contribution in [1.82, 2.24) is 15.2 Å². The molecule has 1 N–H and O–H groups in total. The molecular formula is C23H26ClFN4O2. The first-order valence-corrected chi connectivity index (χ1v) is 10.8. The number of nitrogens with zero attached hydrogens (tertiary/aromatic N) is 3. The van der Waals surface area contributed by atoms with E-state index in [0.29, 0.717) is 31.0 Å². The van der Waals surface area contributed by atoms with Crippen molar-refractivity contribution in [3.05, 3.63) is 52.6 Å². The first-order chi connectivity index (χ1) is 14.6. The molecule has 0 saturated carbocycles. The molecule has 6 nitrogen and oxygen atoms in total. The summed E-state index contributed by atoms with van der Waals surface area (Å²) >= 11 is 5.86. The van der Waals surface area contributed by atoms with E-state index in [4.69, 9.17) is 16.6 Å². The first-order valence-electron chi connectivity index (χ1n) is 10.4. The molecule has 1 fully saturated rings. The summed E-state index contributed by atoms with van der Waals surface area (Å²) in [6.45, 7) is 9.10. The van der Waals surface area contributed by atoms with Crippen LogP contribution in [0.2, 0.25) is 5.02 Å². The van der Waals surface area contributed by atoms with E-state index >= 15 is 0 Å². The van der Waals surface area contributed by atoms with E-state index in [1.807, 2.05) is 11.0 Å². The average Bonchev–Trinajstić information content (AvgIpc) is 3.04. The third kappa shape index (κ3) is 3.45. The average molecular weight is 445 g/mol. The Morgan fingerprint density at radius 2 is 2.00 bits per heavy atom. The molecule has 2 aliphatic rings. The SMILES string of the molecule is CCC1(C)CN(c2ccc(Cl)c(F)c2)c2ccc(C(=O)N3CCNC(=O)C3(C)C)nc21. The minimum absolute atomic E-state index is 0.0775. The van der Waals surface area contributed by atoms with E-state index in [2.05, 4.69) is 19.2 Å². The Balaban J connectivity index is 1.74. The minimum Gasteiger partial charge on any atom is -0.352 e. The fraction of sp³-hybridized carbons (Fsp3) is 0.435. The highest BCUT2D eigenvalue weighted by atomic mass is 35.5. The van der Waals surface area contributed by atoms with Crippen molar-refractivity contribution in [2.45, 2.75) is 45.1 Å². The molecule has 4 rings (SSSR count). The summed E-state index contributed by atoms with van der Waals surface area (Å²) in [4.78, 5) is 33.9. The maximum atomic E-state index is 14.1. The molecule has 0 bridgehead atoms. The second-order valence-electron chi connectivity index (χ2n) is 8.93. The molecular weight excluding hydrogens is 419 g/mol. The Labute approximate surface area is 186 Å². The van der Waals surface area contributed by atoms with E-state index in [0.717, 1.165) is 17.8 Å². The van der Waals surface area contributed by atoms with Crippen molar-refractivity contribution in [2.24, 2.45) is 0 Å². The fourth-order valence-corrected chi connectivity index (χ4v) is 4.42. The van der Waals surface area contributed by atoms with Gasteiger partial charge in [-0.3, -0.25) is 9.59 Å². The van der Waals surface area contributed by atoms with Crippen LogP contribution in [0.5, 0.6) is 0 Å². The molecule has 1 unspecified atom stereocenters. The van der Waals surface area contributed by atoms with Crippen LogP contribution in [0.4, 0.5) is 15.8 Å². The number of anilines is 2. The van der Waals surface area contributed by atoms with Gasteiger partial charge in [-0.25, -0.2) is 9.37 Å². The van der Waals surface area contributed by atoms with Crippen molar-refractivity contribution in [1.29, 1.82) is 0 Å². The van der Waals surface area contributed by atoms with Gasteiger partial charge in [-0.15, -0.1) is 0 Å². The predicted molar refractivity (Wildman–Crippen MR) is 118 cm³/mol. The van der Waals surface area contributed by atoms with Crippen LogP contribution in [0.3, 0.4) is 0 Å². The van der Waals surface area contributed by atoms with Gasteiger partial charge in [0.05, 0.1) is 16.4 Å². The molecule has 0 aliphatic carbocycles. The Bertz CT molecular complexity index is 1070. The van der Waals surface area contributed by atoms with Gasteiger partial charge in [0.25, 0.3) is 5.91 Å². The summed E-state index contributed by atoms with van der Waals surface area (Å²) in [6.07, 6.45) is 0.800. The number of carbonyl (C=O) groups excluding carboxylic acids is 2. The minimum atomic E-state index is -0.947. The second-order valence-corrected chi connectivity index (χ2v) is 9.34. The van der Waals surface area contributed by atoms with Crippen LogP contribution in [0, 0.1) is 5.82 Å². The van der Waals surface area contributed by atoms with E-state index in [9.17, 15) is 14.0 Å². The summed E-state index contributed by atoms with van der Waals surface area (Å²) < 4.78 is 14.1. The van der Waals surface area contributed by atoms with Gasteiger partial charge in [0, 0.05) is 30.7 Å². The van der Waals surface area contributed by atoms with E-state index in [-0.39, 0.29) is 22.3 Å². The number of hydrogen-bond donors (Lipinski definition) is 1. The van der Waals surface area contributed by atoms with Crippen LogP contribution in [-0.4, -0.2) is 46.9 Å². The highest BCUT2D eigenvalue weighted by Crippen LogP contribution is 2.45. The zero-order valence-electron chi connectivity index (χ0n) is 18.1. The number of nitrogens with one attached hydrogen (secondary N) is 1. The lowest BCUT2D eigenvalue weighted by Gasteiger charge is -2.41. The molecule has 31 heavy (non-hydrogen) atoms. The molecule has 0 radical (unpaired) electrons. The molecule has 2 amide bonds. The Morgan fingerprint density at radius 1 is 1.26 bits per heavy atom. The second kappa shape index (κ2) is 7.48. The molecule has 8 heteroatoms. The number of fused-ring (bicyclic) bond motifs is 1. The largest absolute Gasteiger partial charge is 0.352 e. The van der Waals surface area contributed by atoms with Crippen molar-refractivity contribution >= 4 is 34.8 Å². The van der Waals surface area contributed by atoms with E-state index in [1.54, 1.807) is 36.9 Å². The molecule has 164 valence electrons. The Hall–Kier alpha value is -2.67. The van der Waals surface area contributed by atoms with Crippen molar-refractivity contribution < 1.29 is 14.0 Å². The number of halogens is 2. The molecule has 3 heterocycles. The third-order valence-corrected chi connectivity index (χ3v) is 6.86. The normalized spacial score (nSPS) is 22.3. The maximum absolute atomic E-state index is 14.1. The fourth-order valence-electron chi connectivity index (χ4n) is 4.30. The number of piperazine rings is 1. The summed E-state index contributed by atoms with van der Waals surface area (Å²) in [6, 6.07) is 8.29. The molecule has 1 saturated heterocycles. The molecule has 2 aromatic rings. The molecule has 1 aromatic carbocycles. The van der Waals surface area contributed by atoms with Gasteiger partial charge < -0.3 is 15.1 Å². The lowest BCUT2D eigenvalue weighted by molar-refractivity contribution is -0.133. The van der Waals surface area contributed by atoms with Gasteiger partial charge in [0.15, 0.2) is 0 Å². The van der Waals surface area contributed by atoms with Gasteiger partial charge in [0.1, 0.15) is 17.1 Å². The standard InChI is InChI=1S/C23H26ClFN4O2/c1-5-23(4)13-28(14-6-7-15(24)16(25)12-14)18-9-8-17(27-19(18)23)20(30)29-11-10-26-21(31)22(29,2)3/h6-9,12H,5,10-11,13H2,1-4H3,(H,26,31). The number of hydrogen-bond acceptors (Lipinski definition) is 4. The van der Waals surface area contributed by atoms with Crippen LogP contribution < -0.4 is 10.2 Å². The lowest BCUT2D eigenvalue weighted by atomic mass is 9.85. The Kier molecular flexibility index (Phi) is 5.20. The number of carbonyl (C=O) groups is 2. The van der Waals surface area contributed by atoms with Crippen LogP contribution >= 0.6 is 11.6 Å². The molecule has 0 spiro atoms. The summed E-state index contributed by atoms with van der Waals surface area (Å²) in [5, 5.41) is 2.88. The van der Waals surface area contributed by atoms with Gasteiger partial charge in [-0.2, -0.15) is 0 Å². The number of benzene rings is 1. The van der Waals surface area contributed by atoms with Crippen molar-refractivity contribution in [2.75, 3.05) is 24.5 Å². The van der Waals surface area contributed by atoms with Crippen molar-refractivity contribution in [3.63, 3.8) is 0 Å². The zero-order chi connectivity index (χ0) is 22.6. The van der Waals surface area contributed by atoms with Crippen molar-refractivity contribution in [3.8, 4) is 0 Å². The lowest BCUT2D eigenvalue weighted by Crippen LogP contribution is -2.63. The summed E-state index contributed by atoms with van der Waals surface area (Å²) in [5.41, 5.74) is 1.39. The highest BCUT2D eigenvalue weighted by molar-refractivity contribution is 6.30. The summed E-state index contributed by atoms with van der Waals surface area (Å²) in [7, 11) is 0. The maximum Gasteiger partial charge on any atom is 0.273 e. The topological polar surface area (TPSA) is 65.5 Å². The van der Waals surface area contributed by atoms with E-state index in [1.165, 1.54) is 6.07 Å². The molecule has 1 atom stereocenters. The predicted octanol–water partition coefficient (Wildman–Crippen LogP) is 4.04. The quantitative estimate of drug-likeness (QED) is 0.775. The Morgan fingerprint density at radius 3 is 2.68 bits per heavy atom. The van der Waals surface area contributed by atoms with Crippen LogP contribution in [0.1, 0.15) is 50.3 Å². The van der Waals surface area contributed by atoms with Crippen LogP contribution in [-0.2, 0) is 10.2 Å². The number of amides is 2. The van der Waals surface area contributed by atoms with Gasteiger partial charge >= 0.3 is 0 Å². The van der Waals surface area contributed by atoms with Crippen LogP contribution in [0.25, 0.3) is 0 Å². The number of aromatic nitrogens is 1. The van der Waals surface area contributed by atoms with Gasteiger partial charge in [-0.1, -0.05) is 25.4 Å². The molecule has 2 aliphatic heterocycles. The van der Waals surface area contributed by atoms with Gasteiger partial charge in [0.2, 0.25) is 5.91 Å². The smallest absolute Gasteiger partial charge is 0.273 e. The van der Waals surface area contributed by atoms with Gasteiger partial charge in [-0.05, 0) is 50.6 Å². The summed E-state index contributed by atoms with van der Waals surface area (Å²) in [5.74, 6) is -0.920. The number of rotatable bonds is 3. The zero-order valence-corrected chi connectivity index (χ0v) is 18.9. The number of pyridine rings is 1. The third-order valence-electron chi connectivity index (χ3n) is 6.55. The monoisotopic (exact) mass is 444 g/mol. The first kappa shape index (κ1) is 21.6. The highest BCUT2D eigenvalue weighted by Gasteiger charge is 2.43. The van der Waals surface area contributed by atoms with E-state index < -0.39 is 11.4 Å². The molecule has 1 aromatic heterocycles.